The van der Waals surface area contributed by atoms with Crippen molar-refractivity contribution >= 4 is 17.7 Å². The molecule has 104 valence electrons. The molecule has 0 aliphatic rings. The molecule has 0 aliphatic carbocycles. The Bertz CT molecular complexity index is 448. The van der Waals surface area contributed by atoms with Gasteiger partial charge in [0.1, 0.15) is 0 Å². The zero-order valence-corrected chi connectivity index (χ0v) is 11.0. The Balaban J connectivity index is 2.78. The molecular weight excluding hydrogens is 248 g/mol. The SMILES string of the molecule is CCN(CCOC)C(=O)Nc1ccccc1C(=O)O. The molecule has 0 radical (unpaired) electrons. The second kappa shape index (κ2) is 7.38. The number of nitrogens with one attached hydrogen (secondary N) is 1. The van der Waals surface area contributed by atoms with Crippen LogP contribution in [0, 0.1) is 0 Å². The van der Waals surface area contributed by atoms with Crippen LogP contribution in [-0.2, 0) is 4.74 Å². The van der Waals surface area contributed by atoms with E-state index in [1.54, 1.807) is 30.2 Å². The van der Waals surface area contributed by atoms with Crippen molar-refractivity contribution in [2.75, 3.05) is 32.1 Å². The molecule has 0 heterocycles. The average molecular weight is 266 g/mol. The second-order valence-electron chi connectivity index (χ2n) is 3.85. The predicted molar refractivity (Wildman–Crippen MR) is 71.5 cm³/mol. The van der Waals surface area contributed by atoms with Crippen molar-refractivity contribution in [3.63, 3.8) is 0 Å². The van der Waals surface area contributed by atoms with Gasteiger partial charge in [0.05, 0.1) is 17.9 Å². The molecule has 6 nitrogen and oxygen atoms in total. The summed E-state index contributed by atoms with van der Waals surface area (Å²) < 4.78 is 4.92. The van der Waals surface area contributed by atoms with E-state index >= 15 is 0 Å². The Labute approximate surface area is 112 Å². The fourth-order valence-corrected chi connectivity index (χ4v) is 1.58. The predicted octanol–water partition coefficient (Wildman–Crippen LogP) is 1.89. The number of rotatable bonds is 6. The van der Waals surface area contributed by atoms with E-state index in [1.807, 2.05) is 6.92 Å². The van der Waals surface area contributed by atoms with Crippen LogP contribution in [0.3, 0.4) is 0 Å². The maximum absolute atomic E-state index is 12.0. The Hall–Kier alpha value is -2.08. The van der Waals surface area contributed by atoms with Gasteiger partial charge in [-0.3, -0.25) is 0 Å². The van der Waals surface area contributed by atoms with Gasteiger partial charge in [-0.05, 0) is 19.1 Å². The lowest BCUT2D eigenvalue weighted by atomic mass is 10.2. The fraction of sp³-hybridized carbons (Fsp3) is 0.385. The van der Waals surface area contributed by atoms with E-state index in [0.29, 0.717) is 19.7 Å². The number of carbonyl (C=O) groups excluding carboxylic acids is 1. The lowest BCUT2D eigenvalue weighted by Crippen LogP contribution is -2.37. The first-order valence-electron chi connectivity index (χ1n) is 5.97. The number of methoxy groups -OCH3 is 1. The number of carboxylic acid groups (broad SMARTS) is 1. The van der Waals surface area contributed by atoms with Crippen LogP contribution in [0.25, 0.3) is 0 Å². The van der Waals surface area contributed by atoms with Crippen LogP contribution in [0.15, 0.2) is 24.3 Å². The number of carbonyl (C=O) groups is 2. The first-order chi connectivity index (χ1) is 9.10. The van der Waals surface area contributed by atoms with Crippen molar-refractivity contribution in [2.24, 2.45) is 0 Å². The van der Waals surface area contributed by atoms with Gasteiger partial charge in [-0.1, -0.05) is 12.1 Å². The molecule has 0 saturated heterocycles. The largest absolute Gasteiger partial charge is 0.478 e. The topological polar surface area (TPSA) is 78.9 Å². The molecule has 2 amide bonds. The summed E-state index contributed by atoms with van der Waals surface area (Å²) >= 11 is 0. The van der Waals surface area contributed by atoms with Crippen LogP contribution >= 0.6 is 0 Å². The van der Waals surface area contributed by atoms with Gasteiger partial charge in [-0.15, -0.1) is 0 Å². The first-order valence-corrected chi connectivity index (χ1v) is 5.97. The molecule has 1 rings (SSSR count). The van der Waals surface area contributed by atoms with Gasteiger partial charge in [0, 0.05) is 20.2 Å². The monoisotopic (exact) mass is 266 g/mol. The minimum atomic E-state index is -1.07. The number of para-hydroxylation sites is 1. The number of amides is 2. The fourth-order valence-electron chi connectivity index (χ4n) is 1.58. The standard InChI is InChI=1S/C13H18N2O4/c1-3-15(8-9-19-2)13(18)14-11-7-5-4-6-10(11)12(16)17/h4-7H,3,8-9H2,1-2H3,(H,14,18)(H,16,17). The van der Waals surface area contributed by atoms with Crippen LogP contribution < -0.4 is 5.32 Å². The van der Waals surface area contributed by atoms with Crippen molar-refractivity contribution in [1.82, 2.24) is 4.90 Å². The van der Waals surface area contributed by atoms with Crippen molar-refractivity contribution < 1.29 is 19.4 Å². The van der Waals surface area contributed by atoms with E-state index in [1.165, 1.54) is 6.07 Å². The third-order valence-electron chi connectivity index (χ3n) is 2.63. The van der Waals surface area contributed by atoms with Gasteiger partial charge in [0.15, 0.2) is 0 Å². The highest BCUT2D eigenvalue weighted by Crippen LogP contribution is 2.15. The van der Waals surface area contributed by atoms with Gasteiger partial charge >= 0.3 is 12.0 Å². The Kier molecular flexibility index (Phi) is 5.81. The zero-order valence-electron chi connectivity index (χ0n) is 11.0. The minimum absolute atomic E-state index is 0.0682. The maximum atomic E-state index is 12.0. The van der Waals surface area contributed by atoms with Crippen molar-refractivity contribution in [2.45, 2.75) is 6.92 Å². The summed E-state index contributed by atoms with van der Waals surface area (Å²) in [5.74, 6) is -1.07. The van der Waals surface area contributed by atoms with Crippen molar-refractivity contribution in [3.05, 3.63) is 29.8 Å². The minimum Gasteiger partial charge on any atom is -0.478 e. The third-order valence-corrected chi connectivity index (χ3v) is 2.63. The molecule has 0 atom stereocenters. The van der Waals surface area contributed by atoms with E-state index in [0.717, 1.165) is 0 Å². The smallest absolute Gasteiger partial charge is 0.337 e. The van der Waals surface area contributed by atoms with E-state index in [2.05, 4.69) is 5.32 Å². The molecular formula is C13H18N2O4. The number of urea groups is 1. The summed E-state index contributed by atoms with van der Waals surface area (Å²) in [5.41, 5.74) is 0.356. The van der Waals surface area contributed by atoms with Crippen LogP contribution in [0.1, 0.15) is 17.3 Å². The molecule has 0 saturated carbocycles. The highest BCUT2D eigenvalue weighted by Gasteiger charge is 2.15. The van der Waals surface area contributed by atoms with Gasteiger partial charge in [-0.25, -0.2) is 9.59 Å². The summed E-state index contributed by atoms with van der Waals surface area (Å²) in [6.07, 6.45) is 0. The van der Waals surface area contributed by atoms with Crippen molar-refractivity contribution in [3.8, 4) is 0 Å². The number of ether oxygens (including phenoxy) is 1. The molecule has 0 aromatic heterocycles. The van der Waals surface area contributed by atoms with Gasteiger partial charge < -0.3 is 20.1 Å². The van der Waals surface area contributed by atoms with Gasteiger partial charge in [-0.2, -0.15) is 0 Å². The molecule has 6 heteroatoms. The lowest BCUT2D eigenvalue weighted by molar-refractivity contribution is 0.0698. The van der Waals surface area contributed by atoms with Crippen LogP contribution in [-0.4, -0.2) is 48.8 Å². The summed E-state index contributed by atoms with van der Waals surface area (Å²) in [5, 5.41) is 11.6. The number of aromatic carboxylic acids is 1. The van der Waals surface area contributed by atoms with Crippen molar-refractivity contribution in [1.29, 1.82) is 0 Å². The van der Waals surface area contributed by atoms with Crippen LogP contribution in [0.5, 0.6) is 0 Å². The molecule has 0 aliphatic heterocycles. The van der Waals surface area contributed by atoms with Crippen LogP contribution in [0.4, 0.5) is 10.5 Å². The molecule has 0 bridgehead atoms. The second-order valence-corrected chi connectivity index (χ2v) is 3.85. The van der Waals surface area contributed by atoms with E-state index in [9.17, 15) is 9.59 Å². The average Bonchev–Trinajstić information content (AvgIpc) is 2.40. The van der Waals surface area contributed by atoms with Crippen LogP contribution in [0.2, 0.25) is 0 Å². The number of carboxylic acids is 1. The summed E-state index contributed by atoms with van der Waals surface area (Å²) in [4.78, 5) is 24.6. The molecule has 0 fully saturated rings. The van der Waals surface area contributed by atoms with E-state index in [4.69, 9.17) is 9.84 Å². The summed E-state index contributed by atoms with van der Waals surface area (Å²) in [7, 11) is 1.56. The quantitative estimate of drug-likeness (QED) is 0.824. The first kappa shape index (κ1) is 15.0. The Morgan fingerprint density at radius 2 is 2.05 bits per heavy atom. The molecule has 1 aromatic rings. The lowest BCUT2D eigenvalue weighted by Gasteiger charge is -2.21. The zero-order chi connectivity index (χ0) is 14.3. The molecule has 2 N–H and O–H groups in total. The van der Waals surface area contributed by atoms with E-state index < -0.39 is 5.97 Å². The highest BCUT2D eigenvalue weighted by molar-refractivity contribution is 5.99. The number of anilines is 1. The third kappa shape index (κ3) is 4.26. The van der Waals surface area contributed by atoms with Gasteiger partial charge in [0.25, 0.3) is 0 Å². The highest BCUT2D eigenvalue weighted by atomic mass is 16.5. The Morgan fingerprint density at radius 1 is 1.37 bits per heavy atom. The number of benzene rings is 1. The summed E-state index contributed by atoms with van der Waals surface area (Å²) in [6.45, 7) is 3.25. The molecule has 1 aromatic carbocycles. The molecule has 0 spiro atoms. The number of likely N-dealkylation sites (N-methyl/N-ethyl adjacent to an activating group) is 1. The Morgan fingerprint density at radius 3 is 2.63 bits per heavy atom. The normalized spacial score (nSPS) is 10.0. The number of hydrogen-bond donors (Lipinski definition) is 2. The van der Waals surface area contributed by atoms with E-state index in [-0.39, 0.29) is 17.3 Å². The number of hydrogen-bond acceptors (Lipinski definition) is 3. The molecule has 19 heavy (non-hydrogen) atoms. The van der Waals surface area contributed by atoms with Gasteiger partial charge in [0.2, 0.25) is 0 Å². The summed E-state index contributed by atoms with van der Waals surface area (Å²) in [6, 6.07) is 5.96. The molecule has 0 unspecified atom stereocenters. The number of nitrogens with zero attached hydrogens (tertiary/aromatic N) is 1. The maximum Gasteiger partial charge on any atom is 0.337 e.